The maximum atomic E-state index is 5.95. The van der Waals surface area contributed by atoms with Crippen molar-refractivity contribution in [3.8, 4) is 0 Å². The van der Waals surface area contributed by atoms with E-state index in [0.29, 0.717) is 0 Å². The molecule has 2 unspecified atom stereocenters. The van der Waals surface area contributed by atoms with Crippen LogP contribution >= 0.6 is 0 Å². The molecule has 2 rings (SSSR count). The topological polar surface area (TPSA) is 18.5 Å². The highest BCUT2D eigenvalue weighted by Crippen LogP contribution is 2.28. The molecule has 1 heterocycles. The molecular weight excluding hydrogens is 248 g/mol. The SMILES string of the molecule is CCCCC/C(=C/c1ccccc1)C1OC(C)C(C)O1. The average Bonchev–Trinajstić information content (AvgIpc) is 2.79. The summed E-state index contributed by atoms with van der Waals surface area (Å²) in [7, 11) is 0. The average molecular weight is 274 g/mol. The molecular formula is C18H26O2. The van der Waals surface area contributed by atoms with Crippen molar-refractivity contribution in [2.75, 3.05) is 0 Å². The number of unbranched alkanes of at least 4 members (excludes halogenated alkanes) is 2. The fraction of sp³-hybridized carbons (Fsp3) is 0.556. The van der Waals surface area contributed by atoms with Gasteiger partial charge in [0.1, 0.15) is 0 Å². The lowest BCUT2D eigenvalue weighted by Gasteiger charge is -2.15. The minimum Gasteiger partial charge on any atom is -0.343 e. The van der Waals surface area contributed by atoms with Gasteiger partial charge in [-0.15, -0.1) is 0 Å². The van der Waals surface area contributed by atoms with Gasteiger partial charge in [0.05, 0.1) is 12.2 Å². The van der Waals surface area contributed by atoms with Crippen LogP contribution in [0.4, 0.5) is 0 Å². The van der Waals surface area contributed by atoms with Gasteiger partial charge in [-0.2, -0.15) is 0 Å². The molecule has 1 aromatic carbocycles. The first-order valence-electron chi connectivity index (χ1n) is 7.77. The fourth-order valence-electron chi connectivity index (χ4n) is 2.42. The Balaban J connectivity index is 2.10. The van der Waals surface area contributed by atoms with Gasteiger partial charge in [-0.05, 0) is 37.8 Å². The molecule has 0 bridgehead atoms. The summed E-state index contributed by atoms with van der Waals surface area (Å²) in [5.41, 5.74) is 2.49. The Morgan fingerprint density at radius 3 is 2.30 bits per heavy atom. The van der Waals surface area contributed by atoms with E-state index < -0.39 is 0 Å². The van der Waals surface area contributed by atoms with Gasteiger partial charge in [0.15, 0.2) is 6.29 Å². The van der Waals surface area contributed by atoms with Crippen molar-refractivity contribution in [2.24, 2.45) is 0 Å². The van der Waals surface area contributed by atoms with Crippen molar-refractivity contribution < 1.29 is 9.47 Å². The number of hydrogen-bond donors (Lipinski definition) is 0. The van der Waals surface area contributed by atoms with Crippen molar-refractivity contribution in [3.05, 3.63) is 41.5 Å². The third-order valence-electron chi connectivity index (χ3n) is 3.86. The molecule has 1 fully saturated rings. The third-order valence-corrected chi connectivity index (χ3v) is 3.86. The molecule has 2 nitrogen and oxygen atoms in total. The second-order valence-corrected chi connectivity index (χ2v) is 5.60. The quantitative estimate of drug-likeness (QED) is 0.694. The summed E-state index contributed by atoms with van der Waals surface area (Å²) in [4.78, 5) is 0. The van der Waals surface area contributed by atoms with E-state index in [0.717, 1.165) is 6.42 Å². The summed E-state index contributed by atoms with van der Waals surface area (Å²) in [6.07, 6.45) is 7.13. The Hall–Kier alpha value is -1.12. The van der Waals surface area contributed by atoms with Crippen LogP contribution in [0.2, 0.25) is 0 Å². The zero-order chi connectivity index (χ0) is 14.4. The van der Waals surface area contributed by atoms with E-state index in [-0.39, 0.29) is 18.5 Å². The highest BCUT2D eigenvalue weighted by molar-refractivity contribution is 5.53. The van der Waals surface area contributed by atoms with Crippen LogP contribution in [0.1, 0.15) is 52.0 Å². The van der Waals surface area contributed by atoms with E-state index in [1.165, 1.54) is 30.4 Å². The van der Waals surface area contributed by atoms with Gasteiger partial charge in [0, 0.05) is 0 Å². The van der Waals surface area contributed by atoms with Crippen molar-refractivity contribution >= 4 is 6.08 Å². The molecule has 1 saturated heterocycles. The fourth-order valence-corrected chi connectivity index (χ4v) is 2.42. The van der Waals surface area contributed by atoms with E-state index in [4.69, 9.17) is 9.47 Å². The predicted octanol–water partition coefficient (Wildman–Crippen LogP) is 4.80. The second kappa shape index (κ2) is 7.61. The summed E-state index contributed by atoms with van der Waals surface area (Å²) in [6, 6.07) is 10.4. The van der Waals surface area contributed by atoms with Crippen LogP contribution in [0.25, 0.3) is 6.08 Å². The molecule has 0 saturated carbocycles. The van der Waals surface area contributed by atoms with Crippen molar-refractivity contribution in [1.29, 1.82) is 0 Å². The van der Waals surface area contributed by atoms with Crippen molar-refractivity contribution in [1.82, 2.24) is 0 Å². The van der Waals surface area contributed by atoms with E-state index in [2.05, 4.69) is 51.1 Å². The normalized spacial score (nSPS) is 26.9. The second-order valence-electron chi connectivity index (χ2n) is 5.60. The number of benzene rings is 1. The summed E-state index contributed by atoms with van der Waals surface area (Å²) in [5, 5.41) is 0. The Morgan fingerprint density at radius 2 is 1.70 bits per heavy atom. The highest BCUT2D eigenvalue weighted by Gasteiger charge is 2.31. The Kier molecular flexibility index (Phi) is 5.81. The van der Waals surface area contributed by atoms with E-state index >= 15 is 0 Å². The standard InChI is InChI=1S/C18H26O2/c1-4-5-7-12-17(13-16-10-8-6-9-11-16)18-19-14(2)15(3)20-18/h6,8-11,13-15,18H,4-5,7,12H2,1-3H3/b17-13-. The van der Waals surface area contributed by atoms with Gasteiger partial charge in [0.2, 0.25) is 0 Å². The summed E-state index contributed by atoms with van der Waals surface area (Å²) < 4.78 is 11.9. The van der Waals surface area contributed by atoms with Crippen LogP contribution in [0.15, 0.2) is 35.9 Å². The van der Waals surface area contributed by atoms with Crippen molar-refractivity contribution in [3.63, 3.8) is 0 Å². The third kappa shape index (κ3) is 4.19. The van der Waals surface area contributed by atoms with Gasteiger partial charge in [-0.3, -0.25) is 0 Å². The molecule has 0 aliphatic carbocycles. The first-order chi connectivity index (χ1) is 9.70. The number of rotatable bonds is 6. The molecule has 2 atom stereocenters. The monoisotopic (exact) mass is 274 g/mol. The predicted molar refractivity (Wildman–Crippen MR) is 83.4 cm³/mol. The van der Waals surface area contributed by atoms with Crippen molar-refractivity contribution in [2.45, 2.75) is 65.0 Å². The summed E-state index contributed by atoms with van der Waals surface area (Å²) in [5.74, 6) is 0. The molecule has 2 heteroatoms. The Morgan fingerprint density at radius 1 is 1.05 bits per heavy atom. The number of ether oxygens (including phenoxy) is 2. The molecule has 1 aliphatic rings. The van der Waals surface area contributed by atoms with Gasteiger partial charge in [-0.1, -0.05) is 56.2 Å². The van der Waals surface area contributed by atoms with Gasteiger partial charge in [0.25, 0.3) is 0 Å². The highest BCUT2D eigenvalue weighted by atomic mass is 16.7. The van der Waals surface area contributed by atoms with Crippen LogP contribution in [-0.2, 0) is 9.47 Å². The van der Waals surface area contributed by atoms with E-state index in [1.54, 1.807) is 0 Å². The lowest BCUT2D eigenvalue weighted by Crippen LogP contribution is -2.13. The van der Waals surface area contributed by atoms with Crippen LogP contribution in [0, 0.1) is 0 Å². The van der Waals surface area contributed by atoms with Crippen LogP contribution in [-0.4, -0.2) is 18.5 Å². The van der Waals surface area contributed by atoms with E-state index in [9.17, 15) is 0 Å². The lowest BCUT2D eigenvalue weighted by atomic mass is 10.0. The Bertz CT molecular complexity index is 414. The molecule has 0 spiro atoms. The molecule has 0 amide bonds. The minimum atomic E-state index is -0.169. The zero-order valence-electron chi connectivity index (χ0n) is 12.8. The molecule has 110 valence electrons. The van der Waals surface area contributed by atoms with E-state index in [1.807, 2.05) is 6.07 Å². The molecule has 1 aliphatic heterocycles. The van der Waals surface area contributed by atoms with Crippen LogP contribution in [0.5, 0.6) is 0 Å². The largest absolute Gasteiger partial charge is 0.343 e. The molecule has 0 aromatic heterocycles. The summed E-state index contributed by atoms with van der Waals surface area (Å²) in [6.45, 7) is 6.39. The molecule has 0 N–H and O–H groups in total. The summed E-state index contributed by atoms with van der Waals surface area (Å²) >= 11 is 0. The molecule has 1 aromatic rings. The minimum absolute atomic E-state index is 0.169. The maximum absolute atomic E-state index is 5.95. The zero-order valence-corrected chi connectivity index (χ0v) is 12.8. The van der Waals surface area contributed by atoms with Crippen LogP contribution in [0.3, 0.4) is 0 Å². The Labute approximate surface area is 122 Å². The lowest BCUT2D eigenvalue weighted by molar-refractivity contribution is -0.0348. The van der Waals surface area contributed by atoms with Gasteiger partial charge < -0.3 is 9.47 Å². The van der Waals surface area contributed by atoms with Crippen LogP contribution < -0.4 is 0 Å². The molecule has 0 radical (unpaired) electrons. The number of hydrogen-bond acceptors (Lipinski definition) is 2. The van der Waals surface area contributed by atoms with Gasteiger partial charge >= 0.3 is 0 Å². The van der Waals surface area contributed by atoms with Gasteiger partial charge in [-0.25, -0.2) is 0 Å². The smallest absolute Gasteiger partial charge is 0.180 e. The first kappa shape index (κ1) is 15.3. The maximum Gasteiger partial charge on any atom is 0.180 e. The first-order valence-corrected chi connectivity index (χ1v) is 7.77. The molecule has 20 heavy (non-hydrogen) atoms.